The van der Waals surface area contributed by atoms with Gasteiger partial charge in [-0.15, -0.1) is 0 Å². The lowest BCUT2D eigenvalue weighted by Gasteiger charge is -2.31. The third-order valence-electron chi connectivity index (χ3n) is 2.46. The van der Waals surface area contributed by atoms with Gasteiger partial charge in [-0.3, -0.25) is 19.2 Å². The molecule has 9 nitrogen and oxygen atoms in total. The van der Waals surface area contributed by atoms with Crippen LogP contribution in [0, 0.1) is 11.3 Å². The number of ether oxygens (including phenoxy) is 4. The van der Waals surface area contributed by atoms with Crippen LogP contribution in [0.4, 0.5) is 0 Å². The summed E-state index contributed by atoms with van der Waals surface area (Å²) in [6.07, 6.45) is -5.38. The maximum Gasteiger partial charge on any atom is 0.304 e. The number of rotatable bonds is 7. The van der Waals surface area contributed by atoms with Crippen molar-refractivity contribution in [2.75, 3.05) is 0 Å². The number of hydrogen-bond donors (Lipinski definition) is 0. The van der Waals surface area contributed by atoms with Crippen molar-refractivity contribution in [1.29, 1.82) is 5.26 Å². The summed E-state index contributed by atoms with van der Waals surface area (Å²) in [5, 5.41) is 9.14. The SMILES string of the molecule is CC(=O)O[C@H]([C@H](OC(C)=O)[C@@H](C#N)OC(C)=O)[C@H](C)OC(C)=O. The first-order valence-electron chi connectivity index (χ1n) is 6.67. The van der Waals surface area contributed by atoms with Gasteiger partial charge in [-0.05, 0) is 6.92 Å². The van der Waals surface area contributed by atoms with E-state index >= 15 is 0 Å². The third-order valence-corrected chi connectivity index (χ3v) is 2.46. The van der Waals surface area contributed by atoms with Gasteiger partial charge in [0.1, 0.15) is 12.2 Å². The van der Waals surface area contributed by atoms with Gasteiger partial charge in [-0.25, -0.2) is 0 Å². The Balaban J connectivity index is 5.63. The third kappa shape index (κ3) is 7.80. The topological polar surface area (TPSA) is 129 Å². The highest BCUT2D eigenvalue weighted by Crippen LogP contribution is 2.18. The number of carbonyl (C=O) groups is 4. The van der Waals surface area contributed by atoms with Crippen LogP contribution in [0.3, 0.4) is 0 Å². The molecule has 0 bridgehead atoms. The van der Waals surface area contributed by atoms with E-state index in [1.807, 2.05) is 0 Å². The van der Waals surface area contributed by atoms with Crippen molar-refractivity contribution in [2.45, 2.75) is 59.0 Å². The molecule has 0 aliphatic heterocycles. The van der Waals surface area contributed by atoms with Gasteiger partial charge < -0.3 is 18.9 Å². The largest absolute Gasteiger partial charge is 0.459 e. The molecule has 23 heavy (non-hydrogen) atoms. The molecule has 0 rings (SSSR count). The predicted molar refractivity (Wildman–Crippen MR) is 73.5 cm³/mol. The fraction of sp³-hybridized carbons (Fsp3) is 0.643. The number of hydrogen-bond acceptors (Lipinski definition) is 9. The predicted octanol–water partition coefficient (Wildman–Crippen LogP) is 0.257. The molecule has 0 aromatic rings. The van der Waals surface area contributed by atoms with Crippen LogP contribution in [0.15, 0.2) is 0 Å². The van der Waals surface area contributed by atoms with Crippen molar-refractivity contribution in [3.05, 3.63) is 0 Å². The smallest absolute Gasteiger partial charge is 0.304 e. The van der Waals surface area contributed by atoms with Crippen molar-refractivity contribution in [3.63, 3.8) is 0 Å². The standard InChI is InChI=1S/C14H19NO8/c1-7(20-8(2)16)13(22-10(4)18)14(23-11(5)19)12(6-15)21-9(3)17/h7,12-14H,1-5H3/t7-,12+,13-,14+/m0/s1. The molecule has 128 valence electrons. The van der Waals surface area contributed by atoms with E-state index in [2.05, 4.69) is 0 Å². The summed E-state index contributed by atoms with van der Waals surface area (Å²) in [5.74, 6) is -3.02. The van der Waals surface area contributed by atoms with Gasteiger partial charge in [0.15, 0.2) is 12.2 Å². The van der Waals surface area contributed by atoms with Crippen molar-refractivity contribution < 1.29 is 38.1 Å². The van der Waals surface area contributed by atoms with Gasteiger partial charge in [0.2, 0.25) is 6.10 Å². The van der Waals surface area contributed by atoms with Gasteiger partial charge in [-0.2, -0.15) is 5.26 Å². The molecule has 0 aromatic carbocycles. The minimum absolute atomic E-state index is 0.669. The summed E-state index contributed by atoms with van der Waals surface area (Å²) in [7, 11) is 0. The molecule has 0 aliphatic carbocycles. The summed E-state index contributed by atoms with van der Waals surface area (Å²) < 4.78 is 19.7. The van der Waals surface area contributed by atoms with Gasteiger partial charge >= 0.3 is 23.9 Å². The maximum atomic E-state index is 11.3. The van der Waals surface area contributed by atoms with E-state index in [-0.39, 0.29) is 0 Å². The first kappa shape index (κ1) is 20.4. The summed E-state index contributed by atoms with van der Waals surface area (Å²) >= 11 is 0. The van der Waals surface area contributed by atoms with Crippen molar-refractivity contribution >= 4 is 23.9 Å². The first-order chi connectivity index (χ1) is 10.6. The molecule has 0 radical (unpaired) electrons. The molecule has 0 fully saturated rings. The van der Waals surface area contributed by atoms with Crippen LogP contribution in [0.2, 0.25) is 0 Å². The first-order valence-corrected chi connectivity index (χ1v) is 6.67. The zero-order valence-corrected chi connectivity index (χ0v) is 13.5. The van der Waals surface area contributed by atoms with Crippen molar-refractivity contribution in [2.24, 2.45) is 0 Å². The quantitative estimate of drug-likeness (QED) is 0.476. The second-order valence-electron chi connectivity index (χ2n) is 4.62. The van der Waals surface area contributed by atoms with E-state index in [4.69, 9.17) is 24.2 Å². The number of carbonyl (C=O) groups excluding carboxylic acids is 4. The monoisotopic (exact) mass is 329 g/mol. The molecule has 0 spiro atoms. The Morgan fingerprint density at radius 1 is 0.739 bits per heavy atom. The van der Waals surface area contributed by atoms with E-state index in [1.54, 1.807) is 6.07 Å². The van der Waals surface area contributed by atoms with Crippen LogP contribution < -0.4 is 0 Å². The van der Waals surface area contributed by atoms with Crippen LogP contribution in [0.5, 0.6) is 0 Å². The average Bonchev–Trinajstić information content (AvgIpc) is 2.38. The van der Waals surface area contributed by atoms with Crippen LogP contribution in [0.1, 0.15) is 34.6 Å². The lowest BCUT2D eigenvalue weighted by Crippen LogP contribution is -2.50. The lowest BCUT2D eigenvalue weighted by atomic mass is 10.0. The molecular formula is C14H19NO8. The van der Waals surface area contributed by atoms with E-state index in [1.165, 1.54) is 6.92 Å². The van der Waals surface area contributed by atoms with Crippen LogP contribution >= 0.6 is 0 Å². The molecule has 0 heterocycles. The second kappa shape index (κ2) is 9.40. The zero-order chi connectivity index (χ0) is 18.2. The van der Waals surface area contributed by atoms with Gasteiger partial charge in [0.05, 0.1) is 0 Å². The highest BCUT2D eigenvalue weighted by atomic mass is 16.6. The summed E-state index contributed by atoms with van der Waals surface area (Å²) in [5.41, 5.74) is 0. The van der Waals surface area contributed by atoms with Crippen molar-refractivity contribution in [3.8, 4) is 6.07 Å². The molecule has 0 unspecified atom stereocenters. The van der Waals surface area contributed by atoms with E-state index < -0.39 is 48.3 Å². The average molecular weight is 329 g/mol. The van der Waals surface area contributed by atoms with Crippen LogP contribution in [-0.4, -0.2) is 48.3 Å². The molecule has 0 amide bonds. The van der Waals surface area contributed by atoms with Gasteiger partial charge in [-0.1, -0.05) is 0 Å². The van der Waals surface area contributed by atoms with Crippen molar-refractivity contribution in [1.82, 2.24) is 0 Å². The fourth-order valence-electron chi connectivity index (χ4n) is 1.79. The Bertz CT molecular complexity index is 509. The molecule has 0 aromatic heterocycles. The summed E-state index contributed by atoms with van der Waals surface area (Å²) in [6.45, 7) is 5.73. The molecule has 0 saturated carbocycles. The van der Waals surface area contributed by atoms with E-state index in [9.17, 15) is 19.2 Å². The summed E-state index contributed by atoms with van der Waals surface area (Å²) in [4.78, 5) is 44.7. The number of esters is 4. The van der Waals surface area contributed by atoms with Crippen LogP contribution in [0.25, 0.3) is 0 Å². The highest BCUT2D eigenvalue weighted by molar-refractivity contribution is 5.69. The normalized spacial score (nSPS) is 15.1. The molecule has 9 heteroatoms. The van der Waals surface area contributed by atoms with Gasteiger partial charge in [0.25, 0.3) is 0 Å². The second-order valence-corrected chi connectivity index (χ2v) is 4.62. The summed E-state index contributed by atoms with van der Waals surface area (Å²) in [6, 6.07) is 1.65. The molecule has 0 N–H and O–H groups in total. The molecule has 0 aliphatic rings. The Hall–Kier alpha value is -2.63. The Morgan fingerprint density at radius 2 is 1.13 bits per heavy atom. The zero-order valence-electron chi connectivity index (χ0n) is 13.5. The Kier molecular flexibility index (Phi) is 8.33. The molecule has 0 saturated heterocycles. The minimum atomic E-state index is -1.54. The fourth-order valence-corrected chi connectivity index (χ4v) is 1.79. The number of nitrogens with zero attached hydrogens (tertiary/aromatic N) is 1. The van der Waals surface area contributed by atoms with E-state index in [0.717, 1.165) is 27.7 Å². The van der Waals surface area contributed by atoms with Crippen LogP contribution in [-0.2, 0) is 38.1 Å². The Labute approximate surface area is 133 Å². The van der Waals surface area contributed by atoms with E-state index in [0.29, 0.717) is 0 Å². The highest BCUT2D eigenvalue weighted by Gasteiger charge is 2.41. The number of nitriles is 1. The Morgan fingerprint density at radius 3 is 1.48 bits per heavy atom. The molecular weight excluding hydrogens is 310 g/mol. The van der Waals surface area contributed by atoms with Gasteiger partial charge in [0, 0.05) is 27.7 Å². The lowest BCUT2D eigenvalue weighted by molar-refractivity contribution is -0.192. The maximum absolute atomic E-state index is 11.3. The molecule has 4 atom stereocenters. The minimum Gasteiger partial charge on any atom is -0.459 e.